The van der Waals surface area contributed by atoms with Crippen LogP contribution in [-0.2, 0) is 11.2 Å². The van der Waals surface area contributed by atoms with Crippen LogP contribution in [-0.4, -0.2) is 23.9 Å². The number of anilines is 1. The third-order valence-corrected chi connectivity index (χ3v) is 3.81. The Kier molecular flexibility index (Phi) is 5.42. The first-order chi connectivity index (χ1) is 10.6. The standard InChI is InChI=1S/C14H14FN3O3S/c15-12-4-3-10(8-13(12)18(20)21)17-9-14(19)16-6-5-11-2-1-7-22-11/h1-4,7-8,17H,5-6,9H2,(H,16,19). The molecule has 2 rings (SSSR count). The van der Waals surface area contributed by atoms with Gasteiger partial charge in [-0.15, -0.1) is 11.3 Å². The van der Waals surface area contributed by atoms with Crippen molar-refractivity contribution in [3.8, 4) is 0 Å². The predicted molar refractivity (Wildman–Crippen MR) is 82.6 cm³/mol. The van der Waals surface area contributed by atoms with Gasteiger partial charge in [-0.1, -0.05) is 6.07 Å². The highest BCUT2D eigenvalue weighted by molar-refractivity contribution is 7.09. The van der Waals surface area contributed by atoms with Gasteiger partial charge in [0.15, 0.2) is 0 Å². The fraction of sp³-hybridized carbons (Fsp3) is 0.214. The Morgan fingerprint density at radius 2 is 2.18 bits per heavy atom. The third-order valence-electron chi connectivity index (χ3n) is 2.87. The van der Waals surface area contributed by atoms with E-state index in [1.54, 1.807) is 11.3 Å². The van der Waals surface area contributed by atoms with Crippen LogP contribution in [0.1, 0.15) is 4.88 Å². The van der Waals surface area contributed by atoms with Gasteiger partial charge < -0.3 is 10.6 Å². The average Bonchev–Trinajstić information content (AvgIpc) is 2.99. The molecule has 0 fully saturated rings. The number of hydrogen-bond donors (Lipinski definition) is 2. The van der Waals surface area contributed by atoms with E-state index in [2.05, 4.69) is 10.6 Å². The maximum atomic E-state index is 13.2. The van der Waals surface area contributed by atoms with E-state index in [0.29, 0.717) is 12.2 Å². The predicted octanol–water partition coefficient (Wildman–Crippen LogP) is 2.57. The number of carbonyl (C=O) groups excluding carboxylic acids is 1. The lowest BCUT2D eigenvalue weighted by Crippen LogP contribution is -2.31. The molecule has 2 aromatic rings. The number of hydrogen-bond acceptors (Lipinski definition) is 5. The quantitative estimate of drug-likeness (QED) is 0.606. The first kappa shape index (κ1) is 15.9. The molecule has 0 atom stereocenters. The third kappa shape index (κ3) is 4.52. The molecule has 0 unspecified atom stereocenters. The molecular weight excluding hydrogens is 309 g/mol. The van der Waals surface area contributed by atoms with Crippen molar-refractivity contribution in [2.75, 3.05) is 18.4 Å². The van der Waals surface area contributed by atoms with Crippen molar-refractivity contribution in [3.05, 3.63) is 56.5 Å². The van der Waals surface area contributed by atoms with Gasteiger partial charge in [-0.3, -0.25) is 14.9 Å². The number of halogens is 1. The van der Waals surface area contributed by atoms with E-state index in [1.165, 1.54) is 10.9 Å². The van der Waals surface area contributed by atoms with Crippen LogP contribution in [0.2, 0.25) is 0 Å². The van der Waals surface area contributed by atoms with Crippen LogP contribution < -0.4 is 10.6 Å². The lowest BCUT2D eigenvalue weighted by molar-refractivity contribution is -0.387. The number of carbonyl (C=O) groups is 1. The van der Waals surface area contributed by atoms with E-state index >= 15 is 0 Å². The molecule has 2 N–H and O–H groups in total. The van der Waals surface area contributed by atoms with E-state index in [0.717, 1.165) is 18.6 Å². The molecule has 1 aromatic carbocycles. The summed E-state index contributed by atoms with van der Waals surface area (Å²) in [6, 6.07) is 7.35. The maximum Gasteiger partial charge on any atom is 0.306 e. The second kappa shape index (κ2) is 7.51. The van der Waals surface area contributed by atoms with E-state index in [-0.39, 0.29) is 12.5 Å². The Morgan fingerprint density at radius 1 is 1.36 bits per heavy atom. The van der Waals surface area contributed by atoms with Gasteiger partial charge in [-0.05, 0) is 30.0 Å². The highest BCUT2D eigenvalue weighted by Gasteiger charge is 2.14. The summed E-state index contributed by atoms with van der Waals surface area (Å²) in [5.41, 5.74) is -0.301. The fourth-order valence-corrected chi connectivity index (χ4v) is 2.50. The first-order valence-corrected chi connectivity index (χ1v) is 7.41. The molecule has 8 heteroatoms. The summed E-state index contributed by atoms with van der Waals surface area (Å²) >= 11 is 1.62. The topological polar surface area (TPSA) is 84.3 Å². The molecular formula is C14H14FN3O3S. The van der Waals surface area contributed by atoms with Crippen LogP contribution in [0.4, 0.5) is 15.8 Å². The largest absolute Gasteiger partial charge is 0.376 e. The Labute approximate surface area is 130 Å². The Bertz CT molecular complexity index is 661. The maximum absolute atomic E-state index is 13.2. The molecule has 0 spiro atoms. The van der Waals surface area contributed by atoms with E-state index in [9.17, 15) is 19.3 Å². The van der Waals surface area contributed by atoms with Crippen molar-refractivity contribution in [3.63, 3.8) is 0 Å². The molecule has 1 aromatic heterocycles. The number of thiophene rings is 1. The monoisotopic (exact) mass is 323 g/mol. The molecule has 0 aliphatic heterocycles. The van der Waals surface area contributed by atoms with Crippen molar-refractivity contribution >= 4 is 28.6 Å². The Morgan fingerprint density at radius 3 is 2.86 bits per heavy atom. The van der Waals surface area contributed by atoms with E-state index in [1.807, 2.05) is 17.5 Å². The van der Waals surface area contributed by atoms with Crippen LogP contribution >= 0.6 is 11.3 Å². The summed E-state index contributed by atoms with van der Waals surface area (Å²) in [6.07, 6.45) is 0.755. The molecule has 0 aliphatic rings. The zero-order chi connectivity index (χ0) is 15.9. The zero-order valence-corrected chi connectivity index (χ0v) is 12.4. The van der Waals surface area contributed by atoms with Crippen molar-refractivity contribution in [2.24, 2.45) is 0 Å². The van der Waals surface area contributed by atoms with Crippen molar-refractivity contribution in [1.29, 1.82) is 0 Å². The number of nitro benzene ring substituents is 1. The second-order valence-electron chi connectivity index (χ2n) is 4.46. The number of nitrogens with zero attached hydrogens (tertiary/aromatic N) is 1. The summed E-state index contributed by atoms with van der Waals surface area (Å²) < 4.78 is 13.2. The second-order valence-corrected chi connectivity index (χ2v) is 5.49. The summed E-state index contributed by atoms with van der Waals surface area (Å²) in [5.74, 6) is -1.14. The number of amides is 1. The summed E-state index contributed by atoms with van der Waals surface area (Å²) in [6.45, 7) is 0.484. The minimum atomic E-state index is -0.907. The molecule has 22 heavy (non-hydrogen) atoms. The fourth-order valence-electron chi connectivity index (χ4n) is 1.79. The number of nitrogens with one attached hydrogen (secondary N) is 2. The Balaban J connectivity index is 1.78. The van der Waals surface area contributed by atoms with Crippen molar-refractivity contribution in [2.45, 2.75) is 6.42 Å². The van der Waals surface area contributed by atoms with Gasteiger partial charge in [-0.2, -0.15) is 4.39 Å². The number of rotatable bonds is 7. The van der Waals surface area contributed by atoms with Gasteiger partial charge in [0.1, 0.15) is 0 Å². The molecule has 116 valence electrons. The molecule has 6 nitrogen and oxygen atoms in total. The minimum absolute atomic E-state index is 0.0345. The average molecular weight is 323 g/mol. The van der Waals surface area contributed by atoms with Gasteiger partial charge in [0.05, 0.1) is 11.5 Å². The first-order valence-electron chi connectivity index (χ1n) is 6.53. The minimum Gasteiger partial charge on any atom is -0.376 e. The van der Waals surface area contributed by atoms with Gasteiger partial charge in [0.25, 0.3) is 0 Å². The van der Waals surface area contributed by atoms with Crippen molar-refractivity contribution < 1.29 is 14.1 Å². The molecule has 0 bridgehead atoms. The highest BCUT2D eigenvalue weighted by atomic mass is 32.1. The lowest BCUT2D eigenvalue weighted by Gasteiger charge is -2.07. The van der Waals surface area contributed by atoms with Crippen LogP contribution in [0.5, 0.6) is 0 Å². The lowest BCUT2D eigenvalue weighted by atomic mass is 10.2. The van der Waals surface area contributed by atoms with E-state index < -0.39 is 16.4 Å². The summed E-state index contributed by atoms with van der Waals surface area (Å²) in [7, 11) is 0. The molecule has 0 saturated carbocycles. The summed E-state index contributed by atoms with van der Waals surface area (Å²) in [4.78, 5) is 22.7. The molecule has 0 aliphatic carbocycles. The van der Waals surface area contributed by atoms with Crippen LogP contribution in [0.3, 0.4) is 0 Å². The highest BCUT2D eigenvalue weighted by Crippen LogP contribution is 2.21. The van der Waals surface area contributed by atoms with Crippen molar-refractivity contribution in [1.82, 2.24) is 5.32 Å². The Hall–Kier alpha value is -2.48. The van der Waals surface area contributed by atoms with Gasteiger partial charge in [-0.25, -0.2) is 0 Å². The zero-order valence-electron chi connectivity index (χ0n) is 11.5. The van der Waals surface area contributed by atoms with Gasteiger partial charge >= 0.3 is 5.69 Å². The molecule has 0 saturated heterocycles. The van der Waals surface area contributed by atoms with E-state index in [4.69, 9.17) is 0 Å². The van der Waals surface area contributed by atoms with Crippen LogP contribution in [0, 0.1) is 15.9 Å². The van der Waals surface area contributed by atoms with Crippen LogP contribution in [0.25, 0.3) is 0 Å². The van der Waals surface area contributed by atoms with Gasteiger partial charge in [0, 0.05) is 23.2 Å². The molecule has 0 radical (unpaired) electrons. The normalized spacial score (nSPS) is 10.2. The smallest absolute Gasteiger partial charge is 0.306 e. The molecule has 1 heterocycles. The number of nitro groups is 1. The molecule has 1 amide bonds. The van der Waals surface area contributed by atoms with Crippen LogP contribution in [0.15, 0.2) is 35.7 Å². The SMILES string of the molecule is O=C(CNc1ccc(F)c([N+](=O)[O-])c1)NCCc1cccs1. The number of benzene rings is 1. The van der Waals surface area contributed by atoms with Gasteiger partial charge in [0.2, 0.25) is 11.7 Å². The summed E-state index contributed by atoms with van der Waals surface area (Å²) in [5, 5.41) is 18.1.